The van der Waals surface area contributed by atoms with E-state index in [-0.39, 0.29) is 6.10 Å². The summed E-state index contributed by atoms with van der Waals surface area (Å²) in [5.41, 5.74) is 5.64. The Bertz CT molecular complexity index is 262. The maximum absolute atomic E-state index is 5.64. The second-order valence-electron chi connectivity index (χ2n) is 3.04. The Morgan fingerprint density at radius 1 is 1.43 bits per heavy atom. The minimum Gasteiger partial charge on any atom is -0.382 e. The third-order valence-electron chi connectivity index (χ3n) is 1.90. The third-order valence-corrected chi connectivity index (χ3v) is 2.99. The van der Waals surface area contributed by atoms with E-state index < -0.39 is 0 Å². The highest BCUT2D eigenvalue weighted by molar-refractivity contribution is 7.12. The summed E-state index contributed by atoms with van der Waals surface area (Å²) in [6, 6.07) is 4.16. The number of methoxy groups -OCH3 is 1. The molecule has 14 heavy (non-hydrogen) atoms. The van der Waals surface area contributed by atoms with Crippen molar-refractivity contribution in [1.82, 2.24) is 0 Å². The first-order chi connectivity index (χ1) is 6.77. The number of hydrogen-bond acceptors (Lipinski definition) is 4. The highest BCUT2D eigenvalue weighted by atomic mass is 32.1. The monoisotopic (exact) mass is 215 g/mol. The van der Waals surface area contributed by atoms with Crippen LogP contribution in [0, 0.1) is 6.92 Å². The van der Waals surface area contributed by atoms with Gasteiger partial charge in [0.15, 0.2) is 0 Å². The van der Waals surface area contributed by atoms with Gasteiger partial charge in [-0.25, -0.2) is 0 Å². The summed E-state index contributed by atoms with van der Waals surface area (Å²) in [6.45, 7) is 3.80. The third kappa shape index (κ3) is 3.38. The van der Waals surface area contributed by atoms with E-state index in [0.717, 1.165) is 0 Å². The molecule has 4 heteroatoms. The highest BCUT2D eigenvalue weighted by Gasteiger charge is 2.11. The second kappa shape index (κ2) is 6.14. The molecule has 0 saturated carbocycles. The molecular formula is C10H17NO2S. The fraction of sp³-hybridized carbons (Fsp3) is 0.600. The van der Waals surface area contributed by atoms with Gasteiger partial charge < -0.3 is 15.2 Å². The van der Waals surface area contributed by atoms with Crippen molar-refractivity contribution in [3.05, 3.63) is 21.9 Å². The number of aryl methyl sites for hydroxylation is 1. The van der Waals surface area contributed by atoms with Gasteiger partial charge in [0.1, 0.15) is 6.10 Å². The van der Waals surface area contributed by atoms with Crippen LogP contribution in [0.4, 0.5) is 0 Å². The minimum absolute atomic E-state index is 0.0175. The van der Waals surface area contributed by atoms with Crippen molar-refractivity contribution in [1.29, 1.82) is 0 Å². The van der Waals surface area contributed by atoms with Crippen LogP contribution >= 0.6 is 11.3 Å². The van der Waals surface area contributed by atoms with Gasteiger partial charge in [0.25, 0.3) is 0 Å². The predicted molar refractivity (Wildman–Crippen MR) is 58.7 cm³/mol. The Morgan fingerprint density at radius 3 is 2.71 bits per heavy atom. The van der Waals surface area contributed by atoms with Crippen molar-refractivity contribution in [2.75, 3.05) is 26.9 Å². The molecule has 0 spiro atoms. The average molecular weight is 215 g/mol. The van der Waals surface area contributed by atoms with Crippen molar-refractivity contribution in [2.45, 2.75) is 13.0 Å². The normalized spacial score (nSPS) is 13.1. The molecule has 0 radical (unpaired) electrons. The molecule has 0 aliphatic heterocycles. The van der Waals surface area contributed by atoms with Crippen molar-refractivity contribution < 1.29 is 9.47 Å². The quantitative estimate of drug-likeness (QED) is 0.735. The van der Waals surface area contributed by atoms with Crippen LogP contribution in [0.25, 0.3) is 0 Å². The number of thiophene rings is 1. The number of rotatable bonds is 6. The van der Waals surface area contributed by atoms with E-state index in [1.165, 1.54) is 9.75 Å². The molecular weight excluding hydrogens is 198 g/mol. The summed E-state index contributed by atoms with van der Waals surface area (Å²) >= 11 is 1.73. The fourth-order valence-corrected chi connectivity index (χ4v) is 2.11. The van der Waals surface area contributed by atoms with E-state index in [1.807, 2.05) is 0 Å². The molecule has 0 aliphatic carbocycles. The van der Waals surface area contributed by atoms with Crippen molar-refractivity contribution in [3.63, 3.8) is 0 Å². The summed E-state index contributed by atoms with van der Waals surface area (Å²) < 4.78 is 10.5. The van der Waals surface area contributed by atoms with Crippen LogP contribution in [-0.2, 0) is 9.47 Å². The van der Waals surface area contributed by atoms with E-state index in [1.54, 1.807) is 18.4 Å². The van der Waals surface area contributed by atoms with Crippen molar-refractivity contribution in [2.24, 2.45) is 5.73 Å². The van der Waals surface area contributed by atoms with E-state index in [2.05, 4.69) is 19.1 Å². The van der Waals surface area contributed by atoms with Gasteiger partial charge in [0.05, 0.1) is 13.2 Å². The van der Waals surface area contributed by atoms with E-state index in [4.69, 9.17) is 15.2 Å². The lowest BCUT2D eigenvalue weighted by Crippen LogP contribution is -2.16. The predicted octanol–water partition coefficient (Wildman–Crippen LogP) is 1.72. The number of nitrogens with two attached hydrogens (primary N) is 1. The van der Waals surface area contributed by atoms with Crippen LogP contribution in [0.5, 0.6) is 0 Å². The SMILES string of the molecule is COCCOC(CN)c1ccc(C)s1. The van der Waals surface area contributed by atoms with E-state index >= 15 is 0 Å². The van der Waals surface area contributed by atoms with Gasteiger partial charge >= 0.3 is 0 Å². The largest absolute Gasteiger partial charge is 0.382 e. The molecule has 1 atom stereocenters. The zero-order valence-electron chi connectivity index (χ0n) is 8.66. The van der Waals surface area contributed by atoms with Crippen LogP contribution in [0.15, 0.2) is 12.1 Å². The van der Waals surface area contributed by atoms with Crippen LogP contribution < -0.4 is 5.73 Å². The Kier molecular flexibility index (Phi) is 5.11. The number of hydrogen-bond donors (Lipinski definition) is 1. The molecule has 80 valence electrons. The molecule has 0 fully saturated rings. The van der Waals surface area contributed by atoms with Gasteiger partial charge in [0.2, 0.25) is 0 Å². The summed E-state index contributed by atoms with van der Waals surface area (Å²) in [5, 5.41) is 0. The molecule has 0 saturated heterocycles. The lowest BCUT2D eigenvalue weighted by Gasteiger charge is -2.13. The minimum atomic E-state index is 0.0175. The fourth-order valence-electron chi connectivity index (χ4n) is 1.17. The lowest BCUT2D eigenvalue weighted by molar-refractivity contribution is 0.0224. The molecule has 0 aliphatic rings. The topological polar surface area (TPSA) is 44.5 Å². The Morgan fingerprint density at radius 2 is 2.21 bits per heavy atom. The zero-order chi connectivity index (χ0) is 10.4. The first kappa shape index (κ1) is 11.7. The maximum atomic E-state index is 5.64. The summed E-state index contributed by atoms with van der Waals surface area (Å²) in [4.78, 5) is 2.48. The highest BCUT2D eigenvalue weighted by Crippen LogP contribution is 2.24. The van der Waals surface area contributed by atoms with Crippen LogP contribution in [0.3, 0.4) is 0 Å². The molecule has 1 unspecified atom stereocenters. The maximum Gasteiger partial charge on any atom is 0.104 e. The summed E-state index contributed by atoms with van der Waals surface area (Å²) in [5.74, 6) is 0. The molecule has 3 nitrogen and oxygen atoms in total. The van der Waals surface area contributed by atoms with Crippen LogP contribution in [-0.4, -0.2) is 26.9 Å². The van der Waals surface area contributed by atoms with Gasteiger partial charge in [-0.15, -0.1) is 11.3 Å². The molecule has 0 amide bonds. The molecule has 1 aromatic heterocycles. The number of ether oxygens (including phenoxy) is 2. The standard InChI is InChI=1S/C10H17NO2S/c1-8-3-4-10(14-8)9(7-11)13-6-5-12-2/h3-4,9H,5-7,11H2,1-2H3. The van der Waals surface area contributed by atoms with E-state index in [0.29, 0.717) is 19.8 Å². The molecule has 1 aromatic rings. The molecule has 1 rings (SSSR count). The van der Waals surface area contributed by atoms with Gasteiger partial charge in [-0.2, -0.15) is 0 Å². The summed E-state index contributed by atoms with van der Waals surface area (Å²) in [7, 11) is 1.66. The Labute approximate surface area is 88.8 Å². The van der Waals surface area contributed by atoms with Crippen LogP contribution in [0.1, 0.15) is 15.9 Å². The lowest BCUT2D eigenvalue weighted by atomic mass is 10.3. The summed E-state index contributed by atoms with van der Waals surface area (Å²) in [6.07, 6.45) is 0.0175. The van der Waals surface area contributed by atoms with Crippen molar-refractivity contribution >= 4 is 11.3 Å². The Hall–Kier alpha value is -0.420. The zero-order valence-corrected chi connectivity index (χ0v) is 9.47. The first-order valence-electron chi connectivity index (χ1n) is 4.65. The smallest absolute Gasteiger partial charge is 0.104 e. The van der Waals surface area contributed by atoms with Gasteiger partial charge in [-0.1, -0.05) is 0 Å². The van der Waals surface area contributed by atoms with Crippen LogP contribution in [0.2, 0.25) is 0 Å². The second-order valence-corrected chi connectivity index (χ2v) is 4.36. The van der Waals surface area contributed by atoms with E-state index in [9.17, 15) is 0 Å². The molecule has 1 heterocycles. The average Bonchev–Trinajstić information content (AvgIpc) is 2.60. The van der Waals surface area contributed by atoms with Gasteiger partial charge in [0, 0.05) is 23.4 Å². The first-order valence-corrected chi connectivity index (χ1v) is 5.46. The van der Waals surface area contributed by atoms with Gasteiger partial charge in [-0.3, -0.25) is 0 Å². The Balaban J connectivity index is 2.45. The molecule has 2 N–H and O–H groups in total. The van der Waals surface area contributed by atoms with Crippen molar-refractivity contribution in [3.8, 4) is 0 Å². The molecule has 0 aromatic carbocycles. The van der Waals surface area contributed by atoms with Gasteiger partial charge in [-0.05, 0) is 19.1 Å². The molecule has 0 bridgehead atoms.